The highest BCUT2D eigenvalue weighted by atomic mass is 32.1. The normalized spacial score (nSPS) is 11.5. The summed E-state index contributed by atoms with van der Waals surface area (Å²) in [6.45, 7) is 2.88. The number of terminal acetylenes is 1. The number of nitrogens with zero attached hydrogens (tertiary/aromatic N) is 2. The maximum absolute atomic E-state index is 14.2. The van der Waals surface area contributed by atoms with Crippen molar-refractivity contribution < 1.29 is 13.9 Å². The van der Waals surface area contributed by atoms with E-state index in [0.717, 1.165) is 19.3 Å². The molecule has 0 aliphatic carbocycles. The van der Waals surface area contributed by atoms with Gasteiger partial charge in [-0.3, -0.25) is 4.79 Å². The fraction of sp³-hybridized carbons (Fsp3) is 0.273. The molecule has 0 aliphatic heterocycles. The van der Waals surface area contributed by atoms with E-state index in [-0.39, 0.29) is 12.4 Å². The van der Waals surface area contributed by atoms with Gasteiger partial charge in [0.15, 0.2) is 4.80 Å². The molecule has 6 heteroatoms. The van der Waals surface area contributed by atoms with Crippen LogP contribution in [0.1, 0.15) is 36.5 Å². The molecule has 0 radical (unpaired) electrons. The second-order valence-corrected chi connectivity index (χ2v) is 7.27. The van der Waals surface area contributed by atoms with E-state index in [2.05, 4.69) is 17.8 Å². The van der Waals surface area contributed by atoms with Crippen LogP contribution in [0.3, 0.4) is 0 Å². The molecule has 0 unspecified atom stereocenters. The van der Waals surface area contributed by atoms with Crippen LogP contribution in [0.25, 0.3) is 10.2 Å². The van der Waals surface area contributed by atoms with Gasteiger partial charge in [-0.15, -0.1) is 6.42 Å². The first kappa shape index (κ1) is 19.8. The molecule has 0 bridgehead atoms. The lowest BCUT2D eigenvalue weighted by Crippen LogP contribution is -2.17. The minimum atomic E-state index is -0.420. The number of amides is 1. The number of hydrogen-bond donors (Lipinski definition) is 0. The van der Waals surface area contributed by atoms with Gasteiger partial charge in [0.1, 0.15) is 11.6 Å². The number of benzene rings is 2. The molecule has 3 aromatic rings. The molecule has 4 nitrogen and oxygen atoms in total. The van der Waals surface area contributed by atoms with Crippen molar-refractivity contribution in [3.63, 3.8) is 0 Å². The third-order valence-electron chi connectivity index (χ3n) is 4.20. The van der Waals surface area contributed by atoms with E-state index in [1.807, 2.05) is 6.07 Å². The van der Waals surface area contributed by atoms with Gasteiger partial charge in [-0.05, 0) is 36.8 Å². The Hall–Kier alpha value is -2.91. The average Bonchev–Trinajstić information content (AvgIpc) is 3.04. The molecule has 0 aliphatic rings. The fourth-order valence-corrected chi connectivity index (χ4v) is 3.86. The number of ether oxygens (including phenoxy) is 1. The Bertz CT molecular complexity index is 1090. The van der Waals surface area contributed by atoms with Crippen LogP contribution in [0.4, 0.5) is 4.39 Å². The number of thiazole rings is 1. The van der Waals surface area contributed by atoms with Gasteiger partial charge in [0.05, 0.1) is 23.4 Å². The standard InChI is InChI=1S/C22H21FN2O2S/c1-3-5-6-14-27-17-10-7-9-16(15-17)21(26)24-22-25(13-4-2)20-18(23)11-8-12-19(20)28-22/h2,7-12,15H,3,5-6,13-14H2,1H3. The van der Waals surface area contributed by atoms with Gasteiger partial charge in [-0.1, -0.05) is 49.2 Å². The molecule has 144 valence electrons. The predicted molar refractivity (Wildman–Crippen MR) is 110 cm³/mol. The summed E-state index contributed by atoms with van der Waals surface area (Å²) in [6, 6.07) is 11.7. The van der Waals surface area contributed by atoms with Gasteiger partial charge in [0.2, 0.25) is 0 Å². The first-order valence-corrected chi connectivity index (χ1v) is 9.99. The van der Waals surface area contributed by atoms with Crippen LogP contribution in [-0.4, -0.2) is 17.1 Å². The summed E-state index contributed by atoms with van der Waals surface area (Å²) in [5.74, 6) is 2.32. The second-order valence-electron chi connectivity index (χ2n) is 6.26. The van der Waals surface area contributed by atoms with Crippen molar-refractivity contribution in [1.82, 2.24) is 4.57 Å². The van der Waals surface area contributed by atoms with E-state index in [0.29, 0.717) is 32.9 Å². The molecule has 0 N–H and O–H groups in total. The van der Waals surface area contributed by atoms with E-state index in [1.165, 1.54) is 17.4 Å². The largest absolute Gasteiger partial charge is 0.494 e. The summed E-state index contributed by atoms with van der Waals surface area (Å²) < 4.78 is 22.2. The fourth-order valence-electron chi connectivity index (χ4n) is 2.82. The number of aromatic nitrogens is 1. The van der Waals surface area contributed by atoms with Crippen LogP contribution in [0.2, 0.25) is 0 Å². The molecule has 0 saturated heterocycles. The van der Waals surface area contributed by atoms with Crippen molar-refractivity contribution in [2.75, 3.05) is 6.61 Å². The minimum Gasteiger partial charge on any atom is -0.494 e. The first-order chi connectivity index (χ1) is 13.6. The van der Waals surface area contributed by atoms with Crippen LogP contribution < -0.4 is 9.54 Å². The summed E-state index contributed by atoms with van der Waals surface area (Å²) in [6.07, 6.45) is 8.62. The molecule has 1 aromatic heterocycles. The van der Waals surface area contributed by atoms with Crippen LogP contribution in [-0.2, 0) is 6.54 Å². The zero-order chi connectivity index (χ0) is 19.9. The van der Waals surface area contributed by atoms with Gasteiger partial charge in [0.25, 0.3) is 5.91 Å². The Kier molecular flexibility index (Phi) is 6.62. The Morgan fingerprint density at radius 3 is 2.89 bits per heavy atom. The summed E-state index contributed by atoms with van der Waals surface area (Å²) in [7, 11) is 0. The third-order valence-corrected chi connectivity index (χ3v) is 5.24. The lowest BCUT2D eigenvalue weighted by molar-refractivity contribution is 0.0997. The highest BCUT2D eigenvalue weighted by molar-refractivity contribution is 7.16. The Labute approximate surface area is 167 Å². The number of fused-ring (bicyclic) bond motifs is 1. The molecule has 28 heavy (non-hydrogen) atoms. The summed E-state index contributed by atoms with van der Waals surface area (Å²) >= 11 is 1.23. The van der Waals surface area contributed by atoms with Crippen molar-refractivity contribution in [2.45, 2.75) is 32.7 Å². The molecule has 0 spiro atoms. The molecule has 0 atom stereocenters. The SMILES string of the molecule is C#CCn1c(=NC(=O)c2cccc(OCCCCC)c2)sc2cccc(F)c21. The molecule has 1 amide bonds. The number of rotatable bonds is 7. The first-order valence-electron chi connectivity index (χ1n) is 9.17. The Balaban J connectivity index is 1.92. The highest BCUT2D eigenvalue weighted by Gasteiger charge is 2.12. The third kappa shape index (κ3) is 4.49. The van der Waals surface area contributed by atoms with Crippen LogP contribution >= 0.6 is 11.3 Å². The van der Waals surface area contributed by atoms with Gasteiger partial charge < -0.3 is 9.30 Å². The smallest absolute Gasteiger partial charge is 0.279 e. The van der Waals surface area contributed by atoms with E-state index in [4.69, 9.17) is 11.2 Å². The Morgan fingerprint density at radius 1 is 1.29 bits per heavy atom. The molecule has 3 rings (SSSR count). The highest BCUT2D eigenvalue weighted by Crippen LogP contribution is 2.20. The van der Waals surface area contributed by atoms with Crippen molar-refractivity contribution in [1.29, 1.82) is 0 Å². The summed E-state index contributed by atoms with van der Waals surface area (Å²) in [4.78, 5) is 17.3. The van der Waals surface area contributed by atoms with Gasteiger partial charge in [-0.25, -0.2) is 4.39 Å². The second kappa shape index (κ2) is 9.34. The summed E-state index contributed by atoms with van der Waals surface area (Å²) in [5.41, 5.74) is 0.781. The number of unbranched alkanes of at least 4 members (excludes halogenated alkanes) is 2. The molecule has 0 fully saturated rings. The zero-order valence-electron chi connectivity index (χ0n) is 15.7. The predicted octanol–water partition coefficient (Wildman–Crippen LogP) is 4.79. The minimum absolute atomic E-state index is 0.133. The van der Waals surface area contributed by atoms with Crippen molar-refractivity contribution in [3.05, 3.63) is 58.6 Å². The number of carbonyl (C=O) groups is 1. The van der Waals surface area contributed by atoms with Gasteiger partial charge in [0, 0.05) is 5.56 Å². The van der Waals surface area contributed by atoms with E-state index in [9.17, 15) is 9.18 Å². The average molecular weight is 396 g/mol. The zero-order valence-corrected chi connectivity index (χ0v) is 16.5. The molecule has 0 saturated carbocycles. The molecule has 2 aromatic carbocycles. The van der Waals surface area contributed by atoms with Crippen molar-refractivity contribution in [2.24, 2.45) is 4.99 Å². The monoisotopic (exact) mass is 396 g/mol. The molecular formula is C22H21FN2O2S. The maximum atomic E-state index is 14.2. The number of carbonyl (C=O) groups excluding carboxylic acids is 1. The molecule has 1 heterocycles. The maximum Gasteiger partial charge on any atom is 0.279 e. The van der Waals surface area contributed by atoms with Crippen molar-refractivity contribution in [3.8, 4) is 18.1 Å². The van der Waals surface area contributed by atoms with Crippen LogP contribution in [0, 0.1) is 18.2 Å². The number of hydrogen-bond acceptors (Lipinski definition) is 3. The quantitative estimate of drug-likeness (QED) is 0.426. The topological polar surface area (TPSA) is 43.6 Å². The molecular weight excluding hydrogens is 375 g/mol. The lowest BCUT2D eigenvalue weighted by Gasteiger charge is -2.06. The van der Waals surface area contributed by atoms with E-state index >= 15 is 0 Å². The van der Waals surface area contributed by atoms with Crippen LogP contribution in [0.5, 0.6) is 5.75 Å². The van der Waals surface area contributed by atoms with Gasteiger partial charge in [-0.2, -0.15) is 4.99 Å². The summed E-state index contributed by atoms with van der Waals surface area (Å²) in [5, 5.41) is 0. The number of para-hydroxylation sites is 1. The van der Waals surface area contributed by atoms with Crippen LogP contribution in [0.15, 0.2) is 47.5 Å². The van der Waals surface area contributed by atoms with E-state index in [1.54, 1.807) is 34.9 Å². The Morgan fingerprint density at radius 2 is 2.11 bits per heavy atom. The van der Waals surface area contributed by atoms with Crippen molar-refractivity contribution >= 4 is 27.5 Å². The van der Waals surface area contributed by atoms with Gasteiger partial charge >= 0.3 is 0 Å². The number of halogens is 1. The van der Waals surface area contributed by atoms with E-state index < -0.39 is 5.91 Å². The lowest BCUT2D eigenvalue weighted by atomic mass is 10.2.